The molecule has 2 aromatic rings. The van der Waals surface area contributed by atoms with E-state index in [0.29, 0.717) is 23.2 Å². The van der Waals surface area contributed by atoms with Gasteiger partial charge in [-0.1, -0.05) is 25.1 Å². The number of ether oxygens (including phenoxy) is 1. The first-order valence-electron chi connectivity index (χ1n) is 8.84. The molecule has 1 aromatic heterocycles. The maximum absolute atomic E-state index is 12.7. The molecule has 134 valence electrons. The number of H-pyrrole nitrogens is 1. The van der Waals surface area contributed by atoms with E-state index in [1.165, 1.54) is 0 Å². The summed E-state index contributed by atoms with van der Waals surface area (Å²) in [7, 11) is 0. The van der Waals surface area contributed by atoms with E-state index in [1.54, 1.807) is 6.92 Å². The number of hydrogen-bond donors (Lipinski definition) is 2. The molecule has 1 aromatic carbocycles. The number of aromatic amines is 1. The quantitative estimate of drug-likeness (QED) is 0.866. The number of nitrogens with zero attached hydrogens (tertiary/aromatic N) is 1. The molecule has 1 atom stereocenters. The molecule has 2 heterocycles. The van der Waals surface area contributed by atoms with Crippen molar-refractivity contribution in [2.45, 2.75) is 26.4 Å². The molecular formula is C19H25N3O3. The number of carbonyl (C=O) groups excluding carboxylic acids is 1. The molecule has 1 aliphatic rings. The summed E-state index contributed by atoms with van der Waals surface area (Å²) >= 11 is 0. The summed E-state index contributed by atoms with van der Waals surface area (Å²) in [5.74, 6) is -0.194. The van der Waals surface area contributed by atoms with Crippen molar-refractivity contribution in [1.29, 1.82) is 0 Å². The highest BCUT2D eigenvalue weighted by molar-refractivity contribution is 6.07. The summed E-state index contributed by atoms with van der Waals surface area (Å²) in [5.41, 5.74) is 1.38. The van der Waals surface area contributed by atoms with Crippen LogP contribution in [-0.4, -0.2) is 54.7 Å². The Morgan fingerprint density at radius 3 is 3.00 bits per heavy atom. The molecule has 1 aliphatic heterocycles. The Hall–Kier alpha value is -2.18. The van der Waals surface area contributed by atoms with E-state index in [-0.39, 0.29) is 17.6 Å². The fourth-order valence-electron chi connectivity index (χ4n) is 3.28. The normalized spacial score (nSPS) is 18.4. The van der Waals surface area contributed by atoms with Gasteiger partial charge in [0.05, 0.1) is 18.3 Å². The molecule has 0 aliphatic carbocycles. The number of para-hydroxylation sites is 1. The molecule has 2 N–H and O–H groups in total. The zero-order valence-corrected chi connectivity index (χ0v) is 14.8. The molecule has 6 heteroatoms. The lowest BCUT2D eigenvalue weighted by molar-refractivity contribution is -0.0289. The van der Waals surface area contributed by atoms with Crippen molar-refractivity contribution >= 4 is 16.8 Å². The van der Waals surface area contributed by atoms with E-state index in [1.807, 2.05) is 24.3 Å². The Bertz CT molecular complexity index is 815. The van der Waals surface area contributed by atoms with Gasteiger partial charge in [-0.05, 0) is 19.4 Å². The third-order valence-electron chi connectivity index (χ3n) is 4.78. The van der Waals surface area contributed by atoms with Crippen molar-refractivity contribution in [2.24, 2.45) is 0 Å². The van der Waals surface area contributed by atoms with Crippen molar-refractivity contribution in [3.63, 3.8) is 0 Å². The van der Waals surface area contributed by atoms with Crippen molar-refractivity contribution in [3.05, 3.63) is 45.7 Å². The molecule has 1 amide bonds. The summed E-state index contributed by atoms with van der Waals surface area (Å²) in [6.07, 6.45) is 1.28. The predicted molar refractivity (Wildman–Crippen MR) is 98.1 cm³/mol. The number of nitrogens with one attached hydrogen (secondary N) is 2. The number of benzene rings is 1. The van der Waals surface area contributed by atoms with Crippen molar-refractivity contribution in [1.82, 2.24) is 15.2 Å². The molecular weight excluding hydrogens is 318 g/mol. The smallest absolute Gasteiger partial charge is 0.252 e. The molecule has 0 spiro atoms. The predicted octanol–water partition coefficient (Wildman–Crippen LogP) is 1.68. The highest BCUT2D eigenvalue weighted by Crippen LogP contribution is 2.17. The second kappa shape index (κ2) is 7.80. The van der Waals surface area contributed by atoms with Crippen LogP contribution in [-0.2, 0) is 4.74 Å². The number of aromatic nitrogens is 1. The Labute approximate surface area is 147 Å². The van der Waals surface area contributed by atoms with Crippen LogP contribution in [0.5, 0.6) is 0 Å². The first kappa shape index (κ1) is 17.6. The number of carbonyl (C=O) groups is 1. The maximum Gasteiger partial charge on any atom is 0.252 e. The van der Waals surface area contributed by atoms with Gasteiger partial charge >= 0.3 is 0 Å². The average molecular weight is 343 g/mol. The van der Waals surface area contributed by atoms with Crippen molar-refractivity contribution in [2.75, 3.05) is 32.8 Å². The number of amides is 1. The zero-order valence-electron chi connectivity index (χ0n) is 14.8. The molecule has 25 heavy (non-hydrogen) atoms. The lowest BCUT2D eigenvalue weighted by Crippen LogP contribution is -2.45. The SMILES string of the molecule is CC[C@H]1CN(CCNC(=O)c2c(C)c(=O)[nH]c3ccccc23)CCO1. The van der Waals surface area contributed by atoms with Gasteiger partial charge in [0.25, 0.3) is 11.5 Å². The van der Waals surface area contributed by atoms with Crippen LogP contribution in [0.2, 0.25) is 0 Å². The number of morpholine rings is 1. The number of hydrogen-bond acceptors (Lipinski definition) is 4. The zero-order chi connectivity index (χ0) is 17.8. The molecule has 1 saturated heterocycles. The molecule has 0 unspecified atom stereocenters. The molecule has 0 radical (unpaired) electrons. The minimum atomic E-state index is -0.220. The van der Waals surface area contributed by atoms with E-state index >= 15 is 0 Å². The van der Waals surface area contributed by atoms with Crippen LogP contribution in [0.15, 0.2) is 29.1 Å². The van der Waals surface area contributed by atoms with Crippen LogP contribution in [0.25, 0.3) is 10.9 Å². The Kier molecular flexibility index (Phi) is 5.50. The molecule has 1 fully saturated rings. The lowest BCUT2D eigenvalue weighted by Gasteiger charge is -2.32. The molecule has 0 saturated carbocycles. The van der Waals surface area contributed by atoms with Gasteiger partial charge in [-0.2, -0.15) is 0 Å². The van der Waals surface area contributed by atoms with Gasteiger partial charge in [-0.15, -0.1) is 0 Å². The Morgan fingerprint density at radius 2 is 2.20 bits per heavy atom. The topological polar surface area (TPSA) is 74.4 Å². The minimum Gasteiger partial charge on any atom is -0.376 e. The first-order valence-corrected chi connectivity index (χ1v) is 8.84. The first-order chi connectivity index (χ1) is 12.1. The maximum atomic E-state index is 12.7. The van der Waals surface area contributed by atoms with Crippen LogP contribution in [0, 0.1) is 6.92 Å². The van der Waals surface area contributed by atoms with E-state index in [4.69, 9.17) is 4.74 Å². The largest absolute Gasteiger partial charge is 0.376 e. The monoisotopic (exact) mass is 343 g/mol. The summed E-state index contributed by atoms with van der Waals surface area (Å²) in [6, 6.07) is 7.39. The van der Waals surface area contributed by atoms with Gasteiger partial charge < -0.3 is 15.0 Å². The van der Waals surface area contributed by atoms with E-state index in [2.05, 4.69) is 22.1 Å². The van der Waals surface area contributed by atoms with E-state index < -0.39 is 0 Å². The van der Waals surface area contributed by atoms with Crippen LogP contribution < -0.4 is 10.9 Å². The van der Waals surface area contributed by atoms with Gasteiger partial charge in [-0.3, -0.25) is 14.5 Å². The van der Waals surface area contributed by atoms with Gasteiger partial charge in [0, 0.05) is 42.6 Å². The van der Waals surface area contributed by atoms with Crippen molar-refractivity contribution < 1.29 is 9.53 Å². The summed E-state index contributed by atoms with van der Waals surface area (Å²) < 4.78 is 5.66. The third-order valence-corrected chi connectivity index (χ3v) is 4.78. The van der Waals surface area contributed by atoms with E-state index in [9.17, 15) is 9.59 Å². The van der Waals surface area contributed by atoms with Crippen LogP contribution in [0.1, 0.15) is 29.3 Å². The standard InChI is InChI=1S/C19H25N3O3/c1-3-14-12-22(10-11-25-14)9-8-20-19(24)17-13(2)18(23)21-16-7-5-4-6-15(16)17/h4-7,14H,3,8-12H2,1-2H3,(H,20,24)(H,21,23)/t14-/m0/s1. The summed E-state index contributed by atoms with van der Waals surface area (Å²) in [6.45, 7) is 7.68. The minimum absolute atomic E-state index is 0.194. The Balaban J connectivity index is 1.69. The highest BCUT2D eigenvalue weighted by Gasteiger charge is 2.19. The van der Waals surface area contributed by atoms with Gasteiger partial charge in [0.15, 0.2) is 0 Å². The fraction of sp³-hybridized carbons (Fsp3) is 0.474. The third kappa shape index (κ3) is 3.91. The number of fused-ring (bicyclic) bond motifs is 1. The number of rotatable bonds is 5. The van der Waals surface area contributed by atoms with Gasteiger partial charge in [0.1, 0.15) is 0 Å². The molecule has 6 nitrogen and oxygen atoms in total. The average Bonchev–Trinajstić information content (AvgIpc) is 2.63. The second-order valence-electron chi connectivity index (χ2n) is 6.46. The van der Waals surface area contributed by atoms with Crippen molar-refractivity contribution in [3.8, 4) is 0 Å². The van der Waals surface area contributed by atoms with Gasteiger partial charge in [-0.25, -0.2) is 0 Å². The lowest BCUT2D eigenvalue weighted by atomic mass is 10.0. The van der Waals surface area contributed by atoms with E-state index in [0.717, 1.165) is 38.0 Å². The van der Waals surface area contributed by atoms with Crippen LogP contribution in [0.3, 0.4) is 0 Å². The van der Waals surface area contributed by atoms with Crippen LogP contribution >= 0.6 is 0 Å². The highest BCUT2D eigenvalue weighted by atomic mass is 16.5. The number of pyridine rings is 1. The summed E-state index contributed by atoms with van der Waals surface area (Å²) in [4.78, 5) is 29.9. The Morgan fingerprint density at radius 1 is 1.40 bits per heavy atom. The molecule has 3 rings (SSSR count). The fourth-order valence-corrected chi connectivity index (χ4v) is 3.28. The molecule has 0 bridgehead atoms. The summed E-state index contributed by atoms with van der Waals surface area (Å²) in [5, 5.41) is 3.74. The van der Waals surface area contributed by atoms with Gasteiger partial charge in [0.2, 0.25) is 0 Å². The second-order valence-corrected chi connectivity index (χ2v) is 6.46. The van der Waals surface area contributed by atoms with Crippen LogP contribution in [0.4, 0.5) is 0 Å².